The number of phenols is 1. The van der Waals surface area contributed by atoms with Crippen molar-refractivity contribution in [3.05, 3.63) is 47.5 Å². The molecule has 0 saturated carbocycles. The van der Waals surface area contributed by atoms with Crippen LogP contribution in [0.3, 0.4) is 0 Å². The highest BCUT2D eigenvalue weighted by molar-refractivity contribution is 7.99. The number of nitrogen functional groups attached to an aromatic ring is 1. The van der Waals surface area contributed by atoms with E-state index in [1.807, 2.05) is 25.1 Å². The smallest absolute Gasteiger partial charge is 0.254 e. The van der Waals surface area contributed by atoms with Crippen molar-refractivity contribution in [1.82, 2.24) is 4.90 Å². The summed E-state index contributed by atoms with van der Waals surface area (Å²) in [5.74, 6) is -0.0829. The molecule has 0 aliphatic carbocycles. The highest BCUT2D eigenvalue weighted by Crippen LogP contribution is 2.36. The predicted octanol–water partition coefficient (Wildman–Crippen LogP) is 3.14. The third-order valence-corrected chi connectivity index (χ3v) is 4.15. The molecule has 0 aliphatic rings. The quantitative estimate of drug-likeness (QED) is 0.855. The number of anilines is 1. The number of benzene rings is 2. The molecule has 0 bridgehead atoms. The maximum Gasteiger partial charge on any atom is 0.254 e. The van der Waals surface area contributed by atoms with Gasteiger partial charge in [0.05, 0.1) is 5.56 Å². The van der Waals surface area contributed by atoms with Crippen LogP contribution in [0.5, 0.6) is 5.75 Å². The summed E-state index contributed by atoms with van der Waals surface area (Å²) in [6.45, 7) is 1.98. The summed E-state index contributed by atoms with van der Waals surface area (Å²) in [7, 11) is 3.36. The summed E-state index contributed by atoms with van der Waals surface area (Å²) in [5, 5.41) is 9.62. The lowest BCUT2D eigenvalue weighted by atomic mass is 10.2. The number of nitrogens with zero attached hydrogens (tertiary/aromatic N) is 1. The van der Waals surface area contributed by atoms with Gasteiger partial charge in [0.2, 0.25) is 0 Å². The normalized spacial score (nSPS) is 10.4. The van der Waals surface area contributed by atoms with Gasteiger partial charge in [-0.25, -0.2) is 0 Å². The second-order valence-corrected chi connectivity index (χ2v) is 6.11. The van der Waals surface area contributed by atoms with Crippen LogP contribution in [0.1, 0.15) is 15.9 Å². The Morgan fingerprint density at radius 3 is 2.43 bits per heavy atom. The van der Waals surface area contributed by atoms with Gasteiger partial charge < -0.3 is 15.7 Å². The first-order valence-electron chi connectivity index (χ1n) is 6.47. The van der Waals surface area contributed by atoms with E-state index in [9.17, 15) is 9.90 Å². The zero-order chi connectivity index (χ0) is 15.6. The highest BCUT2D eigenvalue weighted by Gasteiger charge is 2.16. The standard InChI is InChI=1S/C16H18N2O2S/c1-10-4-6-15(13(17)8-10)21-14-7-5-11(19)9-12(14)16(20)18(2)3/h4-9,19H,17H2,1-3H3. The third-order valence-electron chi connectivity index (χ3n) is 2.98. The first-order chi connectivity index (χ1) is 9.88. The second-order valence-electron chi connectivity index (χ2n) is 5.02. The van der Waals surface area contributed by atoms with E-state index < -0.39 is 0 Å². The van der Waals surface area contributed by atoms with Crippen LogP contribution in [0.25, 0.3) is 0 Å². The molecule has 0 atom stereocenters. The van der Waals surface area contributed by atoms with Crippen molar-refractivity contribution in [2.75, 3.05) is 19.8 Å². The molecule has 0 heterocycles. The van der Waals surface area contributed by atoms with Crippen LogP contribution in [0.15, 0.2) is 46.2 Å². The van der Waals surface area contributed by atoms with Crippen LogP contribution in [-0.4, -0.2) is 30.0 Å². The molecular weight excluding hydrogens is 284 g/mol. The van der Waals surface area contributed by atoms with Crippen molar-refractivity contribution >= 4 is 23.4 Å². The molecule has 110 valence electrons. The summed E-state index contributed by atoms with van der Waals surface area (Å²) in [5.41, 5.74) is 8.25. The fourth-order valence-corrected chi connectivity index (χ4v) is 2.84. The minimum Gasteiger partial charge on any atom is -0.508 e. The van der Waals surface area contributed by atoms with Gasteiger partial charge in [-0.15, -0.1) is 0 Å². The van der Waals surface area contributed by atoms with Crippen molar-refractivity contribution in [2.24, 2.45) is 0 Å². The molecule has 21 heavy (non-hydrogen) atoms. The second kappa shape index (κ2) is 6.10. The lowest BCUT2D eigenvalue weighted by Crippen LogP contribution is -2.22. The monoisotopic (exact) mass is 302 g/mol. The van der Waals surface area contributed by atoms with Crippen molar-refractivity contribution < 1.29 is 9.90 Å². The number of carbonyl (C=O) groups is 1. The molecule has 0 spiro atoms. The Labute approximate surface area is 128 Å². The number of nitrogens with two attached hydrogens (primary N) is 1. The molecule has 0 saturated heterocycles. The molecule has 2 aromatic carbocycles. The van der Waals surface area contributed by atoms with Gasteiger partial charge >= 0.3 is 0 Å². The average molecular weight is 302 g/mol. The van der Waals surface area contributed by atoms with E-state index in [1.54, 1.807) is 26.2 Å². The maximum atomic E-state index is 12.2. The molecule has 4 nitrogen and oxygen atoms in total. The first-order valence-corrected chi connectivity index (χ1v) is 7.29. The molecule has 5 heteroatoms. The summed E-state index contributed by atoms with van der Waals surface area (Å²) in [4.78, 5) is 15.4. The molecule has 0 fully saturated rings. The van der Waals surface area contributed by atoms with Gasteiger partial charge in [0.15, 0.2) is 0 Å². The first kappa shape index (κ1) is 15.3. The topological polar surface area (TPSA) is 66.6 Å². The fourth-order valence-electron chi connectivity index (χ4n) is 1.89. The Kier molecular flexibility index (Phi) is 4.43. The minimum atomic E-state index is -0.154. The summed E-state index contributed by atoms with van der Waals surface area (Å²) < 4.78 is 0. The van der Waals surface area contributed by atoms with Crippen molar-refractivity contribution in [2.45, 2.75) is 16.7 Å². The van der Waals surface area contributed by atoms with E-state index in [2.05, 4.69) is 0 Å². The van der Waals surface area contributed by atoms with Crippen LogP contribution in [0.4, 0.5) is 5.69 Å². The molecule has 1 amide bonds. The van der Waals surface area contributed by atoms with E-state index in [0.717, 1.165) is 15.4 Å². The average Bonchev–Trinajstić information content (AvgIpc) is 2.42. The number of carbonyl (C=O) groups excluding carboxylic acids is 1. The van der Waals surface area contributed by atoms with E-state index in [1.165, 1.54) is 22.7 Å². The number of rotatable bonds is 3. The van der Waals surface area contributed by atoms with E-state index in [0.29, 0.717) is 11.3 Å². The lowest BCUT2D eigenvalue weighted by molar-refractivity contribution is 0.0824. The Morgan fingerprint density at radius 2 is 1.81 bits per heavy atom. The Balaban J connectivity index is 2.42. The van der Waals surface area contributed by atoms with Crippen LogP contribution in [0, 0.1) is 6.92 Å². The largest absolute Gasteiger partial charge is 0.508 e. The minimum absolute atomic E-state index is 0.0708. The molecule has 0 aliphatic heterocycles. The van der Waals surface area contributed by atoms with Gasteiger partial charge in [0.25, 0.3) is 5.91 Å². The zero-order valence-corrected chi connectivity index (χ0v) is 13.1. The number of phenolic OH excluding ortho intramolecular Hbond substituents is 1. The van der Waals surface area contributed by atoms with Crippen molar-refractivity contribution in [1.29, 1.82) is 0 Å². The number of aryl methyl sites for hydroxylation is 1. The highest BCUT2D eigenvalue weighted by atomic mass is 32.2. The van der Waals surface area contributed by atoms with Gasteiger partial charge in [-0.3, -0.25) is 4.79 Å². The van der Waals surface area contributed by atoms with Crippen molar-refractivity contribution in [3.63, 3.8) is 0 Å². The molecule has 0 radical (unpaired) electrons. The zero-order valence-electron chi connectivity index (χ0n) is 12.3. The molecule has 3 N–H and O–H groups in total. The SMILES string of the molecule is Cc1ccc(Sc2ccc(O)cc2C(=O)N(C)C)c(N)c1. The molecule has 2 rings (SSSR count). The van der Waals surface area contributed by atoms with Crippen molar-refractivity contribution in [3.8, 4) is 5.75 Å². The number of aromatic hydroxyl groups is 1. The third kappa shape index (κ3) is 3.49. The van der Waals surface area contributed by atoms with Crippen LogP contribution in [0.2, 0.25) is 0 Å². The molecular formula is C16H18N2O2S. The van der Waals surface area contributed by atoms with Gasteiger partial charge in [-0.05, 0) is 42.8 Å². The predicted molar refractivity (Wildman–Crippen MR) is 85.8 cm³/mol. The molecule has 0 unspecified atom stereocenters. The number of hydrogen-bond donors (Lipinski definition) is 2. The summed E-state index contributed by atoms with van der Waals surface area (Å²) in [6.07, 6.45) is 0. The maximum absolute atomic E-state index is 12.2. The van der Waals surface area contributed by atoms with E-state index in [-0.39, 0.29) is 11.7 Å². The van der Waals surface area contributed by atoms with E-state index >= 15 is 0 Å². The Hall–Kier alpha value is -2.14. The van der Waals surface area contributed by atoms with Crippen LogP contribution < -0.4 is 5.73 Å². The number of hydrogen-bond acceptors (Lipinski definition) is 4. The van der Waals surface area contributed by atoms with Crippen LogP contribution >= 0.6 is 11.8 Å². The summed E-state index contributed by atoms with van der Waals surface area (Å²) in [6, 6.07) is 10.6. The molecule has 2 aromatic rings. The van der Waals surface area contributed by atoms with Gasteiger partial charge in [-0.1, -0.05) is 17.8 Å². The lowest BCUT2D eigenvalue weighted by Gasteiger charge is -2.15. The molecule has 0 aromatic heterocycles. The Morgan fingerprint density at radius 1 is 1.14 bits per heavy atom. The fraction of sp³-hybridized carbons (Fsp3) is 0.188. The van der Waals surface area contributed by atoms with E-state index in [4.69, 9.17) is 5.73 Å². The van der Waals surface area contributed by atoms with Gasteiger partial charge in [0, 0.05) is 29.6 Å². The van der Waals surface area contributed by atoms with Crippen LogP contribution in [-0.2, 0) is 0 Å². The summed E-state index contributed by atoms with van der Waals surface area (Å²) >= 11 is 1.42. The van der Waals surface area contributed by atoms with Gasteiger partial charge in [0.1, 0.15) is 5.75 Å². The Bertz CT molecular complexity index is 684. The van der Waals surface area contributed by atoms with Gasteiger partial charge in [-0.2, -0.15) is 0 Å². The number of amides is 1.